The monoisotopic (exact) mass is 779 g/mol. The van der Waals surface area contributed by atoms with E-state index in [1.54, 1.807) is 0 Å². The maximum absolute atomic E-state index is 12.7. The quantitative estimate of drug-likeness (QED) is 0.0348. The molecule has 6 nitrogen and oxygen atoms in total. The second kappa shape index (κ2) is 42.0. The minimum atomic E-state index is -0.761. The van der Waals surface area contributed by atoms with E-state index in [0.29, 0.717) is 19.3 Å². The fourth-order valence-electron chi connectivity index (χ4n) is 7.28. The van der Waals surface area contributed by atoms with E-state index in [1.807, 2.05) is 0 Å². The highest BCUT2D eigenvalue weighted by molar-refractivity contribution is 5.71. The van der Waals surface area contributed by atoms with Crippen molar-refractivity contribution in [1.82, 2.24) is 0 Å². The van der Waals surface area contributed by atoms with Crippen molar-refractivity contribution in [2.45, 2.75) is 272 Å². The Balaban J connectivity index is 4.26. The molecule has 0 radical (unpaired) electrons. The second-order valence-corrected chi connectivity index (χ2v) is 17.7. The molecule has 0 aromatic carbocycles. The van der Waals surface area contributed by atoms with Gasteiger partial charge >= 0.3 is 17.9 Å². The number of esters is 3. The number of hydrogen-bond acceptors (Lipinski definition) is 6. The number of unbranched alkanes of at least 4 members (excludes halogenated alkanes) is 28. The Kier molecular flexibility index (Phi) is 40.8. The third kappa shape index (κ3) is 43.4. The molecule has 0 saturated carbocycles. The van der Waals surface area contributed by atoms with E-state index in [4.69, 9.17) is 14.2 Å². The Morgan fingerprint density at radius 2 is 0.600 bits per heavy atom. The molecule has 0 heterocycles. The van der Waals surface area contributed by atoms with Crippen LogP contribution in [0.1, 0.15) is 266 Å². The average Bonchev–Trinajstić information content (AvgIpc) is 3.15. The second-order valence-electron chi connectivity index (χ2n) is 17.7. The lowest BCUT2D eigenvalue weighted by molar-refractivity contribution is -0.167. The van der Waals surface area contributed by atoms with Crippen LogP contribution >= 0.6 is 0 Å². The predicted molar refractivity (Wildman–Crippen MR) is 233 cm³/mol. The Labute approximate surface area is 342 Å². The summed E-state index contributed by atoms with van der Waals surface area (Å²) < 4.78 is 16.7. The molecule has 326 valence electrons. The van der Waals surface area contributed by atoms with E-state index in [1.165, 1.54) is 154 Å². The number of rotatable bonds is 43. The Morgan fingerprint density at radius 1 is 0.345 bits per heavy atom. The summed E-state index contributed by atoms with van der Waals surface area (Å²) in [6.07, 6.45) is 41.1. The lowest BCUT2D eigenvalue weighted by atomic mass is 10.0. The van der Waals surface area contributed by atoms with Crippen LogP contribution in [0, 0.1) is 11.8 Å². The van der Waals surface area contributed by atoms with Gasteiger partial charge in [-0.1, -0.05) is 227 Å². The fraction of sp³-hybridized carbons (Fsp3) is 0.939. The molecule has 0 aliphatic rings. The molecular formula is C49H94O6. The van der Waals surface area contributed by atoms with Crippen molar-refractivity contribution in [2.24, 2.45) is 11.8 Å². The van der Waals surface area contributed by atoms with Crippen LogP contribution in [-0.2, 0) is 28.6 Å². The first-order valence-electron chi connectivity index (χ1n) is 24.2. The van der Waals surface area contributed by atoms with Crippen LogP contribution in [0.15, 0.2) is 0 Å². The molecule has 0 bridgehead atoms. The van der Waals surface area contributed by atoms with Gasteiger partial charge in [0, 0.05) is 19.3 Å². The Bertz CT molecular complexity index is 839. The lowest BCUT2D eigenvalue weighted by Crippen LogP contribution is -2.30. The highest BCUT2D eigenvalue weighted by Crippen LogP contribution is 2.17. The maximum atomic E-state index is 12.7. The van der Waals surface area contributed by atoms with Gasteiger partial charge in [-0.15, -0.1) is 0 Å². The van der Waals surface area contributed by atoms with Crippen LogP contribution in [0.5, 0.6) is 0 Å². The molecule has 55 heavy (non-hydrogen) atoms. The van der Waals surface area contributed by atoms with Crippen molar-refractivity contribution in [3.63, 3.8) is 0 Å². The third-order valence-corrected chi connectivity index (χ3v) is 11.0. The van der Waals surface area contributed by atoms with Gasteiger partial charge in [-0.3, -0.25) is 14.4 Å². The minimum absolute atomic E-state index is 0.0654. The summed E-state index contributed by atoms with van der Waals surface area (Å²) in [4.78, 5) is 37.7. The third-order valence-electron chi connectivity index (χ3n) is 11.0. The smallest absolute Gasteiger partial charge is 0.306 e. The summed E-state index contributed by atoms with van der Waals surface area (Å²) in [5, 5.41) is 0. The van der Waals surface area contributed by atoms with Crippen LogP contribution in [0.25, 0.3) is 0 Å². The molecule has 0 aromatic heterocycles. The first-order chi connectivity index (χ1) is 26.7. The van der Waals surface area contributed by atoms with Gasteiger partial charge in [-0.2, -0.15) is 0 Å². The molecule has 0 spiro atoms. The summed E-state index contributed by atoms with van der Waals surface area (Å²) in [6.45, 7) is 11.3. The van der Waals surface area contributed by atoms with Crippen LogP contribution in [0.3, 0.4) is 0 Å². The van der Waals surface area contributed by atoms with Gasteiger partial charge in [0.15, 0.2) is 6.10 Å². The van der Waals surface area contributed by atoms with Crippen molar-refractivity contribution >= 4 is 17.9 Å². The van der Waals surface area contributed by atoms with Crippen LogP contribution in [-0.4, -0.2) is 37.2 Å². The maximum Gasteiger partial charge on any atom is 0.306 e. The average molecular weight is 779 g/mol. The molecule has 0 aliphatic heterocycles. The van der Waals surface area contributed by atoms with Crippen LogP contribution in [0.2, 0.25) is 0 Å². The highest BCUT2D eigenvalue weighted by atomic mass is 16.6. The summed E-state index contributed by atoms with van der Waals surface area (Å²) in [5.74, 6) is 0.708. The molecule has 0 saturated heterocycles. The van der Waals surface area contributed by atoms with E-state index in [2.05, 4.69) is 34.6 Å². The van der Waals surface area contributed by atoms with Gasteiger partial charge in [-0.05, 0) is 31.1 Å². The molecule has 0 unspecified atom stereocenters. The van der Waals surface area contributed by atoms with E-state index < -0.39 is 6.10 Å². The molecule has 0 rings (SSSR count). The zero-order valence-corrected chi connectivity index (χ0v) is 37.6. The highest BCUT2D eigenvalue weighted by Gasteiger charge is 2.19. The van der Waals surface area contributed by atoms with Crippen molar-refractivity contribution in [3.05, 3.63) is 0 Å². The predicted octanol–water partition coefficient (Wildman–Crippen LogP) is 15.4. The fourth-order valence-corrected chi connectivity index (χ4v) is 7.28. The van der Waals surface area contributed by atoms with E-state index in [-0.39, 0.29) is 31.1 Å². The number of carbonyl (C=O) groups excluding carboxylic acids is 3. The summed E-state index contributed by atoms with van der Waals surface area (Å²) in [7, 11) is 0. The molecule has 6 heteroatoms. The standard InChI is InChI=1S/C49H94O6/c1-6-7-8-9-10-11-12-13-14-15-16-17-20-23-29-34-39-47(50)53-42-46(55-49(52)41-36-31-26-25-28-33-38-45(4)5)43-54-48(51)40-35-30-24-21-18-19-22-27-32-37-44(2)3/h44-46H,6-43H2,1-5H3/t46-/m0/s1. The largest absolute Gasteiger partial charge is 0.462 e. The SMILES string of the molecule is CCCCCCCCCCCCCCCCCCC(=O)OC[C@@H](COC(=O)CCCCCCCCCCCC(C)C)OC(=O)CCCCCCCCC(C)C. The van der Waals surface area contributed by atoms with Crippen LogP contribution < -0.4 is 0 Å². The zero-order valence-electron chi connectivity index (χ0n) is 37.6. The van der Waals surface area contributed by atoms with Crippen LogP contribution in [0.4, 0.5) is 0 Å². The van der Waals surface area contributed by atoms with Gasteiger partial charge in [0.05, 0.1) is 0 Å². The van der Waals surface area contributed by atoms with Gasteiger partial charge in [0.25, 0.3) is 0 Å². The molecule has 0 amide bonds. The van der Waals surface area contributed by atoms with Crippen molar-refractivity contribution in [3.8, 4) is 0 Å². The van der Waals surface area contributed by atoms with Crippen molar-refractivity contribution in [1.29, 1.82) is 0 Å². The van der Waals surface area contributed by atoms with Gasteiger partial charge in [-0.25, -0.2) is 0 Å². The number of carbonyl (C=O) groups is 3. The van der Waals surface area contributed by atoms with E-state index >= 15 is 0 Å². The molecule has 1 atom stereocenters. The number of hydrogen-bond donors (Lipinski definition) is 0. The summed E-state index contributed by atoms with van der Waals surface area (Å²) >= 11 is 0. The van der Waals surface area contributed by atoms with Gasteiger partial charge in [0.1, 0.15) is 13.2 Å². The normalized spacial score (nSPS) is 12.1. The van der Waals surface area contributed by atoms with E-state index in [0.717, 1.165) is 69.6 Å². The van der Waals surface area contributed by atoms with E-state index in [9.17, 15) is 14.4 Å². The lowest BCUT2D eigenvalue weighted by Gasteiger charge is -2.18. The Morgan fingerprint density at radius 3 is 0.891 bits per heavy atom. The topological polar surface area (TPSA) is 78.9 Å². The molecule has 0 aromatic rings. The molecule has 0 aliphatic carbocycles. The molecular weight excluding hydrogens is 685 g/mol. The molecule has 0 fully saturated rings. The van der Waals surface area contributed by atoms with Crippen molar-refractivity contribution in [2.75, 3.05) is 13.2 Å². The zero-order chi connectivity index (χ0) is 40.5. The van der Waals surface area contributed by atoms with Gasteiger partial charge < -0.3 is 14.2 Å². The number of ether oxygens (including phenoxy) is 3. The Hall–Kier alpha value is -1.59. The minimum Gasteiger partial charge on any atom is -0.462 e. The summed E-state index contributed by atoms with van der Waals surface area (Å²) in [5.41, 5.74) is 0. The van der Waals surface area contributed by atoms with Gasteiger partial charge in [0.2, 0.25) is 0 Å². The first kappa shape index (κ1) is 53.4. The van der Waals surface area contributed by atoms with Crippen molar-refractivity contribution < 1.29 is 28.6 Å². The first-order valence-corrected chi connectivity index (χ1v) is 24.2. The molecule has 0 N–H and O–H groups in total. The summed E-state index contributed by atoms with van der Waals surface area (Å²) in [6, 6.07) is 0.